The number of benzene rings is 2. The van der Waals surface area contributed by atoms with E-state index >= 15 is 0 Å². The fourth-order valence-corrected chi connectivity index (χ4v) is 3.11. The van der Waals surface area contributed by atoms with Crippen molar-refractivity contribution in [3.05, 3.63) is 63.4 Å². The fourth-order valence-electron chi connectivity index (χ4n) is 2.55. The molecular formula is C16H14BrFO2. The highest BCUT2D eigenvalue weighted by atomic mass is 79.9. The van der Waals surface area contributed by atoms with Crippen molar-refractivity contribution in [1.82, 2.24) is 0 Å². The molecule has 0 aliphatic carbocycles. The van der Waals surface area contributed by atoms with Crippen molar-refractivity contribution in [2.75, 3.05) is 0 Å². The van der Waals surface area contributed by atoms with Gasteiger partial charge in [0.2, 0.25) is 0 Å². The molecular weight excluding hydrogens is 323 g/mol. The van der Waals surface area contributed by atoms with Crippen molar-refractivity contribution in [3.8, 4) is 5.75 Å². The number of halogens is 2. The van der Waals surface area contributed by atoms with Crippen LogP contribution in [0.15, 0.2) is 40.9 Å². The summed E-state index contributed by atoms with van der Waals surface area (Å²) >= 11 is 3.29. The van der Waals surface area contributed by atoms with Gasteiger partial charge in [-0.05, 0) is 42.3 Å². The van der Waals surface area contributed by atoms with E-state index < -0.39 is 11.9 Å². The molecule has 2 unspecified atom stereocenters. The number of hydrogen-bond donors (Lipinski definition) is 1. The topological polar surface area (TPSA) is 29.5 Å². The van der Waals surface area contributed by atoms with Crippen LogP contribution in [0.25, 0.3) is 0 Å². The predicted molar refractivity (Wildman–Crippen MR) is 78.4 cm³/mol. The van der Waals surface area contributed by atoms with E-state index in [1.165, 1.54) is 6.07 Å². The lowest BCUT2D eigenvalue weighted by molar-refractivity contribution is 0.214. The van der Waals surface area contributed by atoms with E-state index in [0.717, 1.165) is 17.7 Å². The summed E-state index contributed by atoms with van der Waals surface area (Å²) in [5.74, 6) is 0.429. The van der Waals surface area contributed by atoms with Crippen molar-refractivity contribution >= 4 is 15.9 Å². The van der Waals surface area contributed by atoms with Crippen LogP contribution >= 0.6 is 15.9 Å². The SMILES string of the molecule is CC1Cc2cc(C(O)c3c(F)cccc3Br)ccc2O1. The first-order chi connectivity index (χ1) is 9.56. The van der Waals surface area contributed by atoms with E-state index in [4.69, 9.17) is 4.74 Å². The molecule has 1 aliphatic rings. The molecule has 0 aromatic heterocycles. The van der Waals surface area contributed by atoms with Crippen molar-refractivity contribution in [2.45, 2.75) is 25.6 Å². The molecule has 0 fully saturated rings. The molecule has 0 radical (unpaired) electrons. The Bertz CT molecular complexity index is 637. The lowest BCUT2D eigenvalue weighted by Crippen LogP contribution is -2.05. The molecule has 2 aromatic carbocycles. The molecule has 104 valence electrons. The molecule has 0 amide bonds. The summed E-state index contributed by atoms with van der Waals surface area (Å²) < 4.78 is 20.1. The molecule has 0 saturated heterocycles. The Balaban J connectivity index is 2.00. The van der Waals surface area contributed by atoms with Crippen LogP contribution in [-0.4, -0.2) is 11.2 Å². The van der Waals surface area contributed by atoms with Gasteiger partial charge >= 0.3 is 0 Å². The van der Waals surface area contributed by atoms with Crippen LogP contribution in [0.1, 0.15) is 29.7 Å². The fraction of sp³-hybridized carbons (Fsp3) is 0.250. The van der Waals surface area contributed by atoms with Crippen molar-refractivity contribution in [3.63, 3.8) is 0 Å². The molecule has 2 nitrogen and oxygen atoms in total. The van der Waals surface area contributed by atoms with Crippen molar-refractivity contribution in [2.24, 2.45) is 0 Å². The van der Waals surface area contributed by atoms with E-state index in [-0.39, 0.29) is 11.7 Å². The molecule has 2 atom stereocenters. The van der Waals surface area contributed by atoms with Gasteiger partial charge in [0.15, 0.2) is 0 Å². The Kier molecular flexibility index (Phi) is 3.52. The number of aliphatic hydroxyl groups excluding tert-OH is 1. The van der Waals surface area contributed by atoms with Gasteiger partial charge in [-0.15, -0.1) is 0 Å². The zero-order valence-electron chi connectivity index (χ0n) is 10.9. The molecule has 1 heterocycles. The first-order valence-electron chi connectivity index (χ1n) is 6.47. The largest absolute Gasteiger partial charge is 0.490 e. The van der Waals surface area contributed by atoms with Crippen LogP contribution in [0.3, 0.4) is 0 Å². The van der Waals surface area contributed by atoms with Gasteiger partial charge in [-0.1, -0.05) is 28.1 Å². The summed E-state index contributed by atoms with van der Waals surface area (Å²) in [6.45, 7) is 2.00. The summed E-state index contributed by atoms with van der Waals surface area (Å²) in [5.41, 5.74) is 1.99. The van der Waals surface area contributed by atoms with E-state index in [9.17, 15) is 9.50 Å². The molecule has 0 saturated carbocycles. The number of hydrogen-bond acceptors (Lipinski definition) is 2. The monoisotopic (exact) mass is 336 g/mol. The van der Waals surface area contributed by atoms with Gasteiger partial charge in [0, 0.05) is 16.5 Å². The Labute approximate surface area is 125 Å². The predicted octanol–water partition coefficient (Wildman–Crippen LogP) is 3.99. The second-order valence-corrected chi connectivity index (χ2v) is 5.89. The molecule has 20 heavy (non-hydrogen) atoms. The molecule has 1 aliphatic heterocycles. The molecule has 1 N–H and O–H groups in total. The number of fused-ring (bicyclic) bond motifs is 1. The van der Waals surface area contributed by atoms with E-state index in [1.807, 2.05) is 19.1 Å². The van der Waals surface area contributed by atoms with Gasteiger partial charge in [0.25, 0.3) is 0 Å². The van der Waals surface area contributed by atoms with Crippen LogP contribution in [0.4, 0.5) is 4.39 Å². The minimum absolute atomic E-state index is 0.151. The molecule has 2 aromatic rings. The Morgan fingerprint density at radius 3 is 2.90 bits per heavy atom. The molecule has 3 rings (SSSR count). The maximum Gasteiger partial charge on any atom is 0.130 e. The molecule has 0 bridgehead atoms. The zero-order chi connectivity index (χ0) is 14.3. The van der Waals surface area contributed by atoms with E-state index in [2.05, 4.69) is 15.9 Å². The normalized spacial score (nSPS) is 18.5. The summed E-state index contributed by atoms with van der Waals surface area (Å²) in [6, 6.07) is 10.2. The summed E-state index contributed by atoms with van der Waals surface area (Å²) in [5, 5.41) is 10.4. The summed E-state index contributed by atoms with van der Waals surface area (Å²) in [7, 11) is 0. The van der Waals surface area contributed by atoms with Crippen LogP contribution in [0.5, 0.6) is 5.75 Å². The summed E-state index contributed by atoms with van der Waals surface area (Å²) in [4.78, 5) is 0. The van der Waals surface area contributed by atoms with Crippen LogP contribution in [-0.2, 0) is 6.42 Å². The van der Waals surface area contributed by atoms with Gasteiger partial charge in [0.05, 0.1) is 0 Å². The lowest BCUT2D eigenvalue weighted by Gasteiger charge is -2.15. The highest BCUT2D eigenvalue weighted by molar-refractivity contribution is 9.10. The molecule has 4 heteroatoms. The highest BCUT2D eigenvalue weighted by Crippen LogP contribution is 2.35. The Hall–Kier alpha value is -1.39. The van der Waals surface area contributed by atoms with Crippen LogP contribution in [0.2, 0.25) is 0 Å². The zero-order valence-corrected chi connectivity index (χ0v) is 12.5. The number of ether oxygens (including phenoxy) is 1. The average Bonchev–Trinajstić information content (AvgIpc) is 2.77. The maximum atomic E-state index is 13.9. The van der Waals surface area contributed by atoms with E-state index in [0.29, 0.717) is 10.0 Å². The Morgan fingerprint density at radius 1 is 1.35 bits per heavy atom. The third kappa shape index (κ3) is 2.34. The third-order valence-electron chi connectivity index (χ3n) is 3.51. The Morgan fingerprint density at radius 2 is 2.15 bits per heavy atom. The second-order valence-electron chi connectivity index (χ2n) is 5.04. The van der Waals surface area contributed by atoms with Gasteiger partial charge in [0.1, 0.15) is 23.8 Å². The summed E-state index contributed by atoms with van der Waals surface area (Å²) in [6.07, 6.45) is -0.0294. The number of aliphatic hydroxyl groups is 1. The average molecular weight is 337 g/mol. The van der Waals surface area contributed by atoms with Crippen LogP contribution < -0.4 is 4.74 Å². The van der Waals surface area contributed by atoms with Gasteiger partial charge in [-0.2, -0.15) is 0 Å². The lowest BCUT2D eigenvalue weighted by atomic mass is 9.98. The quantitative estimate of drug-likeness (QED) is 0.898. The maximum absolute atomic E-state index is 13.9. The second kappa shape index (κ2) is 5.19. The van der Waals surface area contributed by atoms with Crippen molar-refractivity contribution in [1.29, 1.82) is 0 Å². The van der Waals surface area contributed by atoms with Crippen molar-refractivity contribution < 1.29 is 14.2 Å². The first kappa shape index (κ1) is 13.6. The smallest absolute Gasteiger partial charge is 0.130 e. The molecule has 0 spiro atoms. The van der Waals surface area contributed by atoms with E-state index in [1.54, 1.807) is 18.2 Å². The van der Waals surface area contributed by atoms with Gasteiger partial charge in [-0.25, -0.2) is 4.39 Å². The minimum atomic E-state index is -0.994. The van der Waals surface area contributed by atoms with Gasteiger partial charge < -0.3 is 9.84 Å². The standard InChI is InChI=1S/C16H14BrFO2/c1-9-7-11-8-10(5-6-14(11)20-9)16(19)15-12(17)3-2-4-13(15)18/h2-6,8-9,16,19H,7H2,1H3. The number of rotatable bonds is 2. The third-order valence-corrected chi connectivity index (χ3v) is 4.20. The van der Waals surface area contributed by atoms with Gasteiger partial charge in [-0.3, -0.25) is 0 Å². The first-order valence-corrected chi connectivity index (χ1v) is 7.27. The minimum Gasteiger partial charge on any atom is -0.490 e. The highest BCUT2D eigenvalue weighted by Gasteiger charge is 2.23. The van der Waals surface area contributed by atoms with Crippen LogP contribution in [0, 0.1) is 5.82 Å².